The molecule has 0 unspecified atom stereocenters. The lowest BCUT2D eigenvalue weighted by atomic mass is 9.83. The topological polar surface area (TPSA) is 109 Å². The lowest BCUT2D eigenvalue weighted by molar-refractivity contribution is 0.480. The average molecular weight is 595 g/mol. The molecule has 0 heterocycles. The van der Waals surface area contributed by atoms with E-state index in [1.54, 1.807) is 26.0 Å². The molecule has 0 bridgehead atoms. The fraction of sp³-hybridized carbons (Fsp3) is 0.0588. The zero-order valence-electron chi connectivity index (χ0n) is 22.7. The van der Waals surface area contributed by atoms with Crippen LogP contribution in [0.2, 0.25) is 0 Å². The Balaban J connectivity index is 1.79. The van der Waals surface area contributed by atoms with Gasteiger partial charge in [0.1, 0.15) is 0 Å². The summed E-state index contributed by atoms with van der Waals surface area (Å²) >= 11 is 0. The third-order valence-electron chi connectivity index (χ3n) is 7.66. The van der Waals surface area contributed by atoms with E-state index in [1.165, 1.54) is 12.1 Å². The number of rotatable bonds is 5. The van der Waals surface area contributed by atoms with Crippen molar-refractivity contribution in [1.29, 1.82) is 0 Å². The van der Waals surface area contributed by atoms with Crippen LogP contribution in [0, 0.1) is 13.8 Å². The molecule has 6 aromatic carbocycles. The lowest BCUT2D eigenvalue weighted by Gasteiger charge is -2.21. The first-order valence-corrected chi connectivity index (χ1v) is 16.0. The van der Waals surface area contributed by atoms with E-state index < -0.39 is 20.2 Å². The van der Waals surface area contributed by atoms with E-state index in [0.717, 1.165) is 43.8 Å². The molecule has 0 spiro atoms. The number of fused-ring (bicyclic) bond motifs is 2. The van der Waals surface area contributed by atoms with Gasteiger partial charge in [0.15, 0.2) is 0 Å². The zero-order chi connectivity index (χ0) is 29.8. The summed E-state index contributed by atoms with van der Waals surface area (Å²) in [6, 6.07) is 33.5. The minimum Gasteiger partial charge on any atom is -0.282 e. The van der Waals surface area contributed by atoms with Gasteiger partial charge in [0, 0.05) is 0 Å². The summed E-state index contributed by atoms with van der Waals surface area (Å²) in [4.78, 5) is -0.345. The molecular weight excluding hydrogens is 569 g/mol. The lowest BCUT2D eigenvalue weighted by Crippen LogP contribution is -2.02. The summed E-state index contributed by atoms with van der Waals surface area (Å²) in [5.74, 6) is 0. The Kier molecular flexibility index (Phi) is 6.74. The van der Waals surface area contributed by atoms with Gasteiger partial charge in [0.05, 0.1) is 9.79 Å². The predicted molar refractivity (Wildman–Crippen MR) is 167 cm³/mol. The first-order chi connectivity index (χ1) is 19.9. The molecule has 42 heavy (non-hydrogen) atoms. The van der Waals surface area contributed by atoms with Gasteiger partial charge < -0.3 is 0 Å². The van der Waals surface area contributed by atoms with E-state index in [4.69, 9.17) is 0 Å². The van der Waals surface area contributed by atoms with E-state index in [9.17, 15) is 25.9 Å². The summed E-state index contributed by atoms with van der Waals surface area (Å²) in [5, 5.41) is 3.73. The molecule has 0 aliphatic carbocycles. The molecule has 0 radical (unpaired) electrons. The Morgan fingerprint density at radius 3 is 1.24 bits per heavy atom. The van der Waals surface area contributed by atoms with Gasteiger partial charge in [-0.25, -0.2) is 0 Å². The third-order valence-corrected chi connectivity index (χ3v) is 9.65. The van der Waals surface area contributed by atoms with Gasteiger partial charge in [-0.05, 0) is 92.0 Å². The predicted octanol–water partition coefficient (Wildman–Crippen LogP) is 8.10. The normalized spacial score (nSPS) is 12.2. The van der Waals surface area contributed by atoms with Crippen LogP contribution in [-0.4, -0.2) is 25.9 Å². The van der Waals surface area contributed by atoms with Crippen LogP contribution < -0.4 is 0 Å². The van der Waals surface area contributed by atoms with Gasteiger partial charge in [-0.2, -0.15) is 16.8 Å². The van der Waals surface area contributed by atoms with Crippen LogP contribution in [-0.2, 0) is 20.2 Å². The summed E-state index contributed by atoms with van der Waals surface area (Å²) in [6.45, 7) is 3.25. The highest BCUT2D eigenvalue weighted by Crippen LogP contribution is 2.46. The SMILES string of the molecule is Cc1ccc(-c2ccc3ccccc3c2-c2c(-c3ccc(C)c(S(=O)(=O)O)c3)ccc3ccccc23)cc1S(=O)(=O)O. The van der Waals surface area contributed by atoms with E-state index in [1.807, 2.05) is 84.9 Å². The van der Waals surface area contributed by atoms with Crippen molar-refractivity contribution >= 4 is 41.8 Å². The van der Waals surface area contributed by atoms with Crippen LogP contribution in [0.25, 0.3) is 54.9 Å². The van der Waals surface area contributed by atoms with E-state index in [2.05, 4.69) is 0 Å². The van der Waals surface area contributed by atoms with Gasteiger partial charge in [-0.3, -0.25) is 9.11 Å². The molecule has 0 saturated heterocycles. The third kappa shape index (κ3) is 4.88. The highest BCUT2D eigenvalue weighted by molar-refractivity contribution is 7.86. The van der Waals surface area contributed by atoms with Crippen LogP contribution in [0.15, 0.2) is 119 Å². The van der Waals surface area contributed by atoms with Gasteiger partial charge in [-0.1, -0.05) is 97.1 Å². The molecular formula is C34H26O6S2. The van der Waals surface area contributed by atoms with Crippen LogP contribution in [0.5, 0.6) is 0 Å². The number of hydrogen-bond donors (Lipinski definition) is 2. The molecule has 0 saturated carbocycles. The van der Waals surface area contributed by atoms with Gasteiger partial charge in [0.2, 0.25) is 0 Å². The molecule has 0 amide bonds. The van der Waals surface area contributed by atoms with Crippen molar-refractivity contribution < 1.29 is 25.9 Å². The van der Waals surface area contributed by atoms with Crippen LogP contribution in [0.1, 0.15) is 11.1 Å². The van der Waals surface area contributed by atoms with Crippen LogP contribution in [0.4, 0.5) is 0 Å². The van der Waals surface area contributed by atoms with Crippen LogP contribution in [0.3, 0.4) is 0 Å². The van der Waals surface area contributed by atoms with Gasteiger partial charge >= 0.3 is 0 Å². The molecule has 6 nitrogen and oxygen atoms in total. The summed E-state index contributed by atoms with van der Waals surface area (Å²) in [7, 11) is -8.95. The molecule has 6 aromatic rings. The number of aryl methyl sites for hydroxylation is 2. The van der Waals surface area contributed by atoms with Crippen molar-refractivity contribution in [3.63, 3.8) is 0 Å². The van der Waals surface area contributed by atoms with E-state index in [-0.39, 0.29) is 9.79 Å². The zero-order valence-corrected chi connectivity index (χ0v) is 24.4. The fourth-order valence-corrected chi connectivity index (χ4v) is 7.16. The molecule has 8 heteroatoms. The summed E-state index contributed by atoms with van der Waals surface area (Å²) < 4.78 is 68.9. The minimum atomic E-state index is -4.47. The first-order valence-electron chi connectivity index (χ1n) is 13.1. The Bertz CT molecular complexity index is 2110. The molecule has 0 aliphatic rings. The Morgan fingerprint density at radius 1 is 0.476 bits per heavy atom. The average Bonchev–Trinajstić information content (AvgIpc) is 2.95. The van der Waals surface area contributed by atoms with Crippen LogP contribution >= 0.6 is 0 Å². The van der Waals surface area contributed by atoms with Crippen molar-refractivity contribution in [3.05, 3.63) is 120 Å². The molecule has 0 atom stereocenters. The smallest absolute Gasteiger partial charge is 0.282 e. The standard InChI is InChI=1S/C34H26O6S2/c1-21-11-13-25(19-31(21)41(35,36)37)29-17-15-23-7-3-5-9-27(23)33(29)34-28-10-6-4-8-24(28)16-18-30(34)26-14-12-22(2)32(20-26)42(38,39)40/h3-20H,1-2H3,(H,35,36,37)(H,38,39,40). The second-order valence-corrected chi connectivity index (χ2v) is 13.1. The maximum absolute atomic E-state index is 12.2. The Labute approximate surface area is 244 Å². The molecule has 0 fully saturated rings. The van der Waals surface area contributed by atoms with Gasteiger partial charge in [-0.15, -0.1) is 0 Å². The summed E-state index contributed by atoms with van der Waals surface area (Å²) in [6.07, 6.45) is 0. The van der Waals surface area contributed by atoms with Crippen molar-refractivity contribution in [3.8, 4) is 33.4 Å². The molecule has 210 valence electrons. The first kappa shape index (κ1) is 27.8. The highest BCUT2D eigenvalue weighted by atomic mass is 32.2. The second kappa shape index (κ2) is 10.2. The minimum absolute atomic E-state index is 0.173. The van der Waals surface area contributed by atoms with Crippen molar-refractivity contribution in [2.45, 2.75) is 23.6 Å². The van der Waals surface area contributed by atoms with Gasteiger partial charge in [0.25, 0.3) is 20.2 Å². The molecule has 6 rings (SSSR count). The quantitative estimate of drug-likeness (QED) is 0.195. The largest absolute Gasteiger partial charge is 0.294 e. The Morgan fingerprint density at radius 2 is 0.857 bits per heavy atom. The second-order valence-electron chi connectivity index (χ2n) is 10.3. The van der Waals surface area contributed by atoms with Crippen molar-refractivity contribution in [2.24, 2.45) is 0 Å². The molecule has 0 aliphatic heterocycles. The fourth-order valence-electron chi connectivity index (χ4n) is 5.65. The van der Waals surface area contributed by atoms with E-state index in [0.29, 0.717) is 22.3 Å². The number of benzene rings is 6. The molecule has 2 N–H and O–H groups in total. The van der Waals surface area contributed by atoms with E-state index >= 15 is 0 Å². The maximum atomic E-state index is 12.2. The highest BCUT2D eigenvalue weighted by Gasteiger charge is 2.22. The summed E-state index contributed by atoms with van der Waals surface area (Å²) in [5.41, 5.74) is 5.14. The van der Waals surface area contributed by atoms with Crippen molar-refractivity contribution in [1.82, 2.24) is 0 Å². The van der Waals surface area contributed by atoms with Crippen molar-refractivity contribution in [2.75, 3.05) is 0 Å². The molecule has 0 aromatic heterocycles. The Hall–Kier alpha value is -4.34. The number of hydrogen-bond acceptors (Lipinski definition) is 4. The monoisotopic (exact) mass is 594 g/mol. The maximum Gasteiger partial charge on any atom is 0.294 e.